The van der Waals surface area contributed by atoms with Crippen LogP contribution < -0.4 is 32.0 Å². The number of carbonyl (C=O) groups is 21. The Labute approximate surface area is 800 Å². The zero-order valence-corrected chi connectivity index (χ0v) is 71.3. The third-order valence-corrected chi connectivity index (χ3v) is 23.7. The van der Waals surface area contributed by atoms with Gasteiger partial charge in [-0.2, -0.15) is 52.7 Å². The number of benzene rings is 11. The molecule has 736 valence electrons. The fourth-order valence-electron chi connectivity index (χ4n) is 16.8. The highest BCUT2D eigenvalue weighted by molar-refractivity contribution is 6.23. The van der Waals surface area contributed by atoms with Crippen molar-refractivity contribution in [2.45, 2.75) is 35.5 Å². The van der Waals surface area contributed by atoms with Gasteiger partial charge < -0.3 is 65.7 Å². The summed E-state index contributed by atoms with van der Waals surface area (Å²) in [5.41, 5.74) is -20.9. The van der Waals surface area contributed by atoms with Gasteiger partial charge in [0, 0.05) is 22.3 Å². The first-order valence-electron chi connectivity index (χ1n) is 40.7. The first-order chi connectivity index (χ1) is 69.6. The lowest BCUT2D eigenvalue weighted by Crippen LogP contribution is -2.56. The average molecular weight is 2050 g/mol. The Morgan fingerprint density at radius 3 is 0.696 bits per heavy atom. The Balaban J connectivity index is 0.000000113. The van der Waals surface area contributed by atoms with Gasteiger partial charge in [-0.05, 0) is 168 Å². The van der Waals surface area contributed by atoms with Crippen LogP contribution in [0.2, 0.25) is 0 Å². The molecule has 0 N–H and O–H groups in total. The highest BCUT2D eigenvalue weighted by Gasteiger charge is 2.76. The maximum absolute atomic E-state index is 14.4. The zero-order valence-electron chi connectivity index (χ0n) is 71.3. The zero-order chi connectivity index (χ0) is 106. The Kier molecular flexibility index (Phi) is 22.1. The van der Waals surface area contributed by atoms with Crippen LogP contribution in [-0.4, -0.2) is 150 Å². The Hall–Kier alpha value is -20.5. The third-order valence-electron chi connectivity index (χ3n) is 23.7. The van der Waals surface area contributed by atoms with Crippen LogP contribution in [0.4, 0.5) is 52.7 Å². The molecule has 0 fully saturated rings. The number of fused-ring (bicyclic) bond motifs is 14. The van der Waals surface area contributed by atoms with Crippen molar-refractivity contribution in [3.63, 3.8) is 0 Å². The fourth-order valence-corrected chi connectivity index (χ4v) is 16.8. The van der Waals surface area contributed by atoms with Crippen molar-refractivity contribution in [3.05, 3.63) is 368 Å². The van der Waals surface area contributed by atoms with Crippen LogP contribution in [-0.2, 0) is 58.2 Å². The second-order valence-electron chi connectivity index (χ2n) is 31.9. The van der Waals surface area contributed by atoms with E-state index >= 15 is 0 Å². The molecule has 11 aromatic carbocycles. The van der Waals surface area contributed by atoms with Gasteiger partial charge >= 0.3 is 167 Å². The molecule has 148 heavy (non-hydrogen) atoms. The van der Waals surface area contributed by atoms with Gasteiger partial charge in [0.2, 0.25) is 10.8 Å². The molecule has 0 amide bonds. The highest BCUT2D eigenvalue weighted by atomic mass is 19.4. The Morgan fingerprint density at radius 1 is 0.216 bits per heavy atom. The molecule has 0 radical (unpaired) electrons. The summed E-state index contributed by atoms with van der Waals surface area (Å²) in [6, 6.07) is 32.3. The summed E-state index contributed by atoms with van der Waals surface area (Å²) in [5, 5.41) is -0.0726. The molecule has 11 aliphatic heterocycles. The highest BCUT2D eigenvalue weighted by Crippen LogP contribution is 2.64. The van der Waals surface area contributed by atoms with Crippen LogP contribution in [0.5, 0.6) is 23.0 Å². The number of alkyl halides is 12. The molecule has 13 aromatic rings. The number of cyclic esters (lactones) is 20. The number of esters is 20. The average Bonchev–Trinajstić information content (AvgIpc) is 1.04. The number of ketones is 1. The van der Waals surface area contributed by atoms with Gasteiger partial charge in [0.1, 0.15) is 23.0 Å². The summed E-state index contributed by atoms with van der Waals surface area (Å²) in [6.07, 6.45) is -24.2. The largest absolute Gasteiger partial charge is 0.457 e. The van der Waals surface area contributed by atoms with Crippen LogP contribution in [0, 0.1) is 0 Å². The fraction of sp³-hybridized carbons (Fsp3) is 0.0619. The van der Waals surface area contributed by atoms with Gasteiger partial charge in [0.05, 0.1) is 133 Å². The van der Waals surface area contributed by atoms with Crippen molar-refractivity contribution in [1.29, 1.82) is 0 Å². The van der Waals surface area contributed by atoms with Crippen molar-refractivity contribution in [2.75, 3.05) is 0 Å². The first-order valence-corrected chi connectivity index (χ1v) is 40.7. The van der Waals surface area contributed by atoms with Gasteiger partial charge in [-0.1, -0.05) is 36.4 Å². The minimum Gasteiger partial charge on any atom is -0.457 e. The third kappa shape index (κ3) is 15.4. The molecule has 39 nitrogen and oxygen atoms in total. The first kappa shape index (κ1) is 96.4. The standard InChI is InChI=1S/C19H4F6O7.C19H6F6O6.C17H6O7.C16H6O7.C16H6O6.C10H2O6/c20-18(21,22)17(19(23,24)25)9-1-5-7(15(28)31-13(5)26)3-11(9)30-12-4-8-6(2-10(12)17)14(27)32-16(8)29;20-18(21,22)17(19(23,24)25,7-1-3-9-11(5-7)15(28)30-13(9)26)8-2-4-10-12(6-8)16(29)31-14(10)27;18-13(7-1-3-9-11(5-7)16(21)23-14(9)19)8-2-4-10-12(6-8)17(22)24-15(10)20;17-13-9-3-1-7(5-11(9)15(19)22-13)21-8-2-4-10-12(6-8)16(20)23-14(10)18;17-13-9-3-1-7(5-11(9)15(19)21-13)8-2-4-10-12(6-8)16(20)22-14(10)18;11-7-3-1-4-6(10(14)16-8(4)12)2-5(3)9(13)15-7/h1-4H;1-6H;1-6H;1-6H;1-6H;1-2H. The summed E-state index contributed by atoms with van der Waals surface area (Å²) in [4.78, 5) is 289. The molecule has 0 atom stereocenters. The molecule has 0 spiro atoms. The van der Waals surface area contributed by atoms with E-state index in [1.807, 2.05) is 0 Å². The normalized spacial score (nSPS) is 15.7. The number of hydrogen-bond acceptors (Lipinski definition) is 39. The van der Waals surface area contributed by atoms with E-state index in [9.17, 15) is 173 Å². The Morgan fingerprint density at radius 2 is 0.432 bits per heavy atom. The summed E-state index contributed by atoms with van der Waals surface area (Å²) in [6.45, 7) is 0. The lowest BCUT2D eigenvalue weighted by atomic mass is 9.69. The SMILES string of the molecule is O=C(c1ccc2c(c1)C(=O)OC2=O)c1ccc2c(c1)C(=O)OC2=O.O=C1OC(=O)c2cc(-c3ccc4c(c3)C(=O)OC4=O)ccc21.O=C1OC(=O)c2cc(C(c3ccc4c(c3)C(=O)OC4=O)(C(F)(F)F)C(F)(F)F)ccc21.O=C1OC(=O)c2cc(Oc3ccc4c(c3)C(=O)OC4=O)ccc21.O=C1OC(=O)c2cc3c(cc21)Oc1cc2c(cc1C3(C(F)(F)F)C(F)(F)F)C(=O)OC2=O.O=c1oc(=O)c2cc3c(=O)oc(=O)c3cc12. The van der Waals surface area contributed by atoms with Gasteiger partial charge in [-0.3, -0.25) is 4.79 Å². The summed E-state index contributed by atoms with van der Waals surface area (Å²) >= 11 is 0. The maximum Gasteiger partial charge on any atom is 0.411 e. The predicted octanol–water partition coefficient (Wildman–Crippen LogP) is 12.7. The summed E-state index contributed by atoms with van der Waals surface area (Å²) in [5.74, 6) is -21.4. The number of furan rings is 2. The summed E-state index contributed by atoms with van der Waals surface area (Å²) < 4.78 is 235. The molecule has 51 heteroatoms. The molecule has 13 heterocycles. The minimum absolute atomic E-state index is 0.0154. The topological polar surface area (TPSA) is 564 Å². The molecule has 11 aliphatic rings. The van der Waals surface area contributed by atoms with Crippen molar-refractivity contribution in [3.8, 4) is 34.1 Å². The lowest BCUT2D eigenvalue weighted by molar-refractivity contribution is -0.291. The minimum atomic E-state index is -6.07. The number of halogens is 12. The molecule has 0 unspecified atom stereocenters. The van der Waals surface area contributed by atoms with E-state index in [1.54, 1.807) is 12.1 Å². The van der Waals surface area contributed by atoms with E-state index in [-0.39, 0.29) is 135 Å². The number of rotatable bonds is 7. The van der Waals surface area contributed by atoms with E-state index < -0.39 is 261 Å². The molecule has 0 saturated carbocycles. The van der Waals surface area contributed by atoms with E-state index in [1.165, 1.54) is 97.1 Å². The molecule has 24 rings (SSSR count). The molecule has 0 saturated heterocycles. The second kappa shape index (κ2) is 33.9. The van der Waals surface area contributed by atoms with Crippen molar-refractivity contribution in [1.82, 2.24) is 0 Å². The number of ether oxygens (including phenoxy) is 12. The molecular weight excluding hydrogens is 2020 g/mol. The van der Waals surface area contributed by atoms with Crippen LogP contribution in [0.3, 0.4) is 0 Å². The van der Waals surface area contributed by atoms with E-state index in [4.69, 9.17) is 9.47 Å². The van der Waals surface area contributed by atoms with Crippen LogP contribution >= 0.6 is 0 Å². The van der Waals surface area contributed by atoms with Crippen LogP contribution in [0.25, 0.3) is 32.7 Å². The molecule has 2 aromatic heterocycles. The van der Waals surface area contributed by atoms with Crippen molar-refractivity contribution in [2.24, 2.45) is 0 Å². The Bertz CT molecular complexity index is 8300. The quantitative estimate of drug-likeness (QED) is 0.0470. The smallest absolute Gasteiger partial charge is 0.411 e. The van der Waals surface area contributed by atoms with Crippen LogP contribution in [0.1, 0.15) is 245 Å². The van der Waals surface area contributed by atoms with Gasteiger partial charge in [-0.25, -0.2) is 115 Å². The maximum atomic E-state index is 14.4. The molecule has 0 aliphatic carbocycles. The summed E-state index contributed by atoms with van der Waals surface area (Å²) in [7, 11) is 0. The molecular formula is C97H30F12O39. The van der Waals surface area contributed by atoms with Crippen molar-refractivity contribution >= 4 is 147 Å². The lowest BCUT2D eigenvalue weighted by Gasteiger charge is -2.42. The second-order valence-corrected chi connectivity index (χ2v) is 31.9. The van der Waals surface area contributed by atoms with Gasteiger partial charge in [-0.15, -0.1) is 0 Å². The van der Waals surface area contributed by atoms with Gasteiger partial charge in [0.15, 0.2) is 5.78 Å². The van der Waals surface area contributed by atoms with Gasteiger partial charge in [0.25, 0.3) is 0 Å². The van der Waals surface area contributed by atoms with Crippen LogP contribution in [0.15, 0.2) is 210 Å². The van der Waals surface area contributed by atoms with E-state index in [2.05, 4.69) is 56.2 Å². The van der Waals surface area contributed by atoms with E-state index in [0.717, 1.165) is 12.1 Å². The number of hydrogen-bond donors (Lipinski definition) is 0. The van der Waals surface area contributed by atoms with Crippen molar-refractivity contribution < 1.29 is 219 Å². The monoisotopic (exact) mass is 2050 g/mol. The molecule has 0 bridgehead atoms. The van der Waals surface area contributed by atoms with E-state index in [0.29, 0.717) is 47.5 Å². The number of carbonyl (C=O) groups excluding carboxylic acids is 21. The predicted molar refractivity (Wildman–Crippen MR) is 444 cm³/mol.